The highest BCUT2D eigenvalue weighted by molar-refractivity contribution is 6.31. The van der Waals surface area contributed by atoms with Gasteiger partial charge in [0.1, 0.15) is 6.10 Å². The van der Waals surface area contributed by atoms with Gasteiger partial charge in [-0.15, -0.1) is 0 Å². The fourth-order valence-corrected chi connectivity index (χ4v) is 1.53. The summed E-state index contributed by atoms with van der Waals surface area (Å²) in [6.45, 7) is 1.82. The Morgan fingerprint density at radius 2 is 2.31 bits per heavy atom. The first-order valence-corrected chi connectivity index (χ1v) is 4.31. The van der Waals surface area contributed by atoms with Gasteiger partial charge in [0.2, 0.25) is 0 Å². The molecule has 1 aromatic carbocycles. The van der Waals surface area contributed by atoms with Crippen molar-refractivity contribution in [3.63, 3.8) is 0 Å². The number of carbonyl (C=O) groups excluding carboxylic acids is 1. The fraction of sp³-hybridized carbons (Fsp3) is 0.222. The molecule has 1 amide bonds. The molecule has 1 atom stereocenters. The van der Waals surface area contributed by atoms with Crippen LogP contribution in [0.15, 0.2) is 18.2 Å². The molecule has 0 radical (unpaired) electrons. The van der Waals surface area contributed by atoms with Crippen molar-refractivity contribution in [2.75, 3.05) is 5.32 Å². The van der Waals surface area contributed by atoms with Gasteiger partial charge in [0.05, 0.1) is 5.69 Å². The summed E-state index contributed by atoms with van der Waals surface area (Å²) in [7, 11) is 0. The molecule has 1 N–H and O–H groups in total. The molecular formula is C9H8ClNO2. The molecule has 1 heterocycles. The topological polar surface area (TPSA) is 38.3 Å². The van der Waals surface area contributed by atoms with E-state index in [2.05, 4.69) is 5.32 Å². The smallest absolute Gasteiger partial charge is 0.412 e. The predicted molar refractivity (Wildman–Crippen MR) is 50.0 cm³/mol. The zero-order valence-electron chi connectivity index (χ0n) is 7.00. The molecule has 0 saturated heterocycles. The standard InChI is InChI=1S/C9H8ClNO2/c1-5-7-3-2-6(10)4-8(7)11-9(12)13-5/h2-5H,1H3,(H,11,12). The maximum absolute atomic E-state index is 11.0. The van der Waals surface area contributed by atoms with Crippen LogP contribution in [0.3, 0.4) is 0 Å². The van der Waals surface area contributed by atoms with Crippen LogP contribution >= 0.6 is 11.6 Å². The summed E-state index contributed by atoms with van der Waals surface area (Å²) in [5.41, 5.74) is 1.68. The number of halogens is 1. The molecule has 4 heteroatoms. The number of fused-ring (bicyclic) bond motifs is 1. The predicted octanol–water partition coefficient (Wildman–Crippen LogP) is 2.96. The highest BCUT2D eigenvalue weighted by Gasteiger charge is 2.22. The minimum absolute atomic E-state index is 0.207. The summed E-state index contributed by atoms with van der Waals surface area (Å²) in [5.74, 6) is 0. The molecule has 0 fully saturated rings. The number of hydrogen-bond donors (Lipinski definition) is 1. The van der Waals surface area contributed by atoms with Crippen molar-refractivity contribution in [1.82, 2.24) is 0 Å². The third kappa shape index (κ3) is 1.47. The SMILES string of the molecule is CC1OC(=O)Nc2cc(Cl)ccc21. The van der Waals surface area contributed by atoms with E-state index in [0.717, 1.165) is 11.3 Å². The Balaban J connectivity index is 2.49. The van der Waals surface area contributed by atoms with Gasteiger partial charge in [0.15, 0.2) is 0 Å². The largest absolute Gasteiger partial charge is 0.441 e. The van der Waals surface area contributed by atoms with Gasteiger partial charge in [-0.3, -0.25) is 5.32 Å². The van der Waals surface area contributed by atoms with E-state index in [0.29, 0.717) is 5.02 Å². The monoisotopic (exact) mass is 197 g/mol. The van der Waals surface area contributed by atoms with Crippen LogP contribution in [0, 0.1) is 0 Å². The minimum atomic E-state index is -0.428. The number of rotatable bonds is 0. The lowest BCUT2D eigenvalue weighted by Gasteiger charge is -2.23. The molecule has 3 nitrogen and oxygen atoms in total. The quantitative estimate of drug-likeness (QED) is 0.695. The van der Waals surface area contributed by atoms with Gasteiger partial charge in [-0.25, -0.2) is 4.79 Å². The van der Waals surface area contributed by atoms with Crippen LogP contribution in [0.2, 0.25) is 5.02 Å². The Labute approximate surface area is 80.6 Å². The Bertz CT molecular complexity index is 365. The van der Waals surface area contributed by atoms with Crippen LogP contribution in [0.25, 0.3) is 0 Å². The van der Waals surface area contributed by atoms with Gasteiger partial charge >= 0.3 is 6.09 Å². The third-order valence-electron chi connectivity index (χ3n) is 1.97. The number of anilines is 1. The molecule has 1 unspecified atom stereocenters. The maximum atomic E-state index is 11.0. The van der Waals surface area contributed by atoms with E-state index in [1.54, 1.807) is 12.1 Å². The second-order valence-corrected chi connectivity index (χ2v) is 3.34. The van der Waals surface area contributed by atoms with Gasteiger partial charge in [0.25, 0.3) is 0 Å². The average Bonchev–Trinajstić information content (AvgIpc) is 2.02. The Morgan fingerprint density at radius 3 is 3.08 bits per heavy atom. The molecule has 68 valence electrons. The molecule has 1 aliphatic heterocycles. The van der Waals surface area contributed by atoms with Crippen molar-refractivity contribution in [2.24, 2.45) is 0 Å². The molecule has 0 saturated carbocycles. The van der Waals surface area contributed by atoms with Crippen LogP contribution in [-0.2, 0) is 4.74 Å². The van der Waals surface area contributed by atoms with Crippen molar-refractivity contribution in [3.05, 3.63) is 28.8 Å². The van der Waals surface area contributed by atoms with Crippen molar-refractivity contribution in [1.29, 1.82) is 0 Å². The van der Waals surface area contributed by atoms with Crippen LogP contribution in [-0.4, -0.2) is 6.09 Å². The summed E-state index contributed by atoms with van der Waals surface area (Å²) < 4.78 is 4.96. The molecular weight excluding hydrogens is 190 g/mol. The Kier molecular flexibility index (Phi) is 1.88. The van der Waals surface area contributed by atoms with Gasteiger partial charge in [-0.05, 0) is 19.1 Å². The minimum Gasteiger partial charge on any atom is -0.441 e. The highest BCUT2D eigenvalue weighted by Crippen LogP contribution is 2.31. The Hall–Kier alpha value is -1.22. The van der Waals surface area contributed by atoms with E-state index in [-0.39, 0.29) is 6.10 Å². The van der Waals surface area contributed by atoms with Crippen LogP contribution in [0.5, 0.6) is 0 Å². The van der Waals surface area contributed by atoms with Crippen LogP contribution in [0.1, 0.15) is 18.6 Å². The average molecular weight is 198 g/mol. The highest BCUT2D eigenvalue weighted by atomic mass is 35.5. The van der Waals surface area contributed by atoms with E-state index in [9.17, 15) is 4.79 Å². The molecule has 0 aromatic heterocycles. The zero-order chi connectivity index (χ0) is 9.42. The maximum Gasteiger partial charge on any atom is 0.412 e. The first kappa shape index (κ1) is 8.38. The zero-order valence-corrected chi connectivity index (χ0v) is 7.76. The molecule has 2 rings (SSSR count). The second kappa shape index (κ2) is 2.92. The van der Waals surface area contributed by atoms with E-state index in [1.807, 2.05) is 13.0 Å². The normalized spacial score (nSPS) is 20.2. The molecule has 13 heavy (non-hydrogen) atoms. The van der Waals surface area contributed by atoms with Gasteiger partial charge in [0, 0.05) is 10.6 Å². The number of amides is 1. The molecule has 0 spiro atoms. The first-order chi connectivity index (χ1) is 6.16. The number of carbonyl (C=O) groups is 1. The lowest BCUT2D eigenvalue weighted by Crippen LogP contribution is -2.22. The summed E-state index contributed by atoms with van der Waals surface area (Å²) in [5, 5.41) is 3.19. The number of cyclic esters (lactones) is 1. The van der Waals surface area contributed by atoms with Crippen LogP contribution < -0.4 is 5.32 Å². The van der Waals surface area contributed by atoms with Crippen LogP contribution in [0.4, 0.5) is 10.5 Å². The van der Waals surface area contributed by atoms with E-state index in [4.69, 9.17) is 16.3 Å². The summed E-state index contributed by atoms with van der Waals surface area (Å²) in [4.78, 5) is 11.0. The van der Waals surface area contributed by atoms with Crippen molar-refractivity contribution in [2.45, 2.75) is 13.0 Å². The first-order valence-electron chi connectivity index (χ1n) is 3.94. The van der Waals surface area contributed by atoms with Gasteiger partial charge < -0.3 is 4.74 Å². The number of hydrogen-bond acceptors (Lipinski definition) is 2. The molecule has 1 aliphatic rings. The van der Waals surface area contributed by atoms with Crippen molar-refractivity contribution < 1.29 is 9.53 Å². The second-order valence-electron chi connectivity index (χ2n) is 2.90. The van der Waals surface area contributed by atoms with Crippen molar-refractivity contribution in [3.8, 4) is 0 Å². The molecule has 1 aromatic rings. The summed E-state index contributed by atoms with van der Waals surface area (Å²) in [6, 6.07) is 5.34. The van der Waals surface area contributed by atoms with E-state index in [1.165, 1.54) is 0 Å². The number of nitrogens with one attached hydrogen (secondary N) is 1. The fourth-order valence-electron chi connectivity index (χ4n) is 1.35. The van der Waals surface area contributed by atoms with Gasteiger partial charge in [-0.1, -0.05) is 17.7 Å². The molecule has 0 aliphatic carbocycles. The van der Waals surface area contributed by atoms with Crippen molar-refractivity contribution >= 4 is 23.4 Å². The third-order valence-corrected chi connectivity index (χ3v) is 2.21. The lowest BCUT2D eigenvalue weighted by atomic mass is 10.1. The van der Waals surface area contributed by atoms with Gasteiger partial charge in [-0.2, -0.15) is 0 Å². The Morgan fingerprint density at radius 1 is 1.54 bits per heavy atom. The summed E-state index contributed by atoms with van der Waals surface area (Å²) in [6.07, 6.45) is -0.636. The van der Waals surface area contributed by atoms with E-state index >= 15 is 0 Å². The van der Waals surface area contributed by atoms with E-state index < -0.39 is 6.09 Å². The summed E-state index contributed by atoms with van der Waals surface area (Å²) >= 11 is 5.78. The molecule has 0 bridgehead atoms. The number of ether oxygens (including phenoxy) is 1. The lowest BCUT2D eigenvalue weighted by molar-refractivity contribution is 0.116. The number of benzene rings is 1.